The molecule has 0 spiro atoms. The van der Waals surface area contributed by atoms with Crippen molar-refractivity contribution in [2.24, 2.45) is 5.92 Å². The molecule has 7 heteroatoms. The van der Waals surface area contributed by atoms with Crippen LogP contribution < -0.4 is 14.4 Å². The molecule has 0 aromatic heterocycles. The quantitative estimate of drug-likeness (QED) is 0.466. The molecule has 0 aliphatic rings. The van der Waals surface area contributed by atoms with Crippen molar-refractivity contribution in [2.75, 3.05) is 18.0 Å². The van der Waals surface area contributed by atoms with Gasteiger partial charge in [-0.3, -0.25) is 9.10 Å². The first kappa shape index (κ1) is 24.3. The molecule has 0 unspecified atom stereocenters. The molecule has 6 nitrogen and oxygen atoms in total. The molecular weight excluding hydrogens is 436 g/mol. The highest BCUT2D eigenvalue weighted by molar-refractivity contribution is 7.92. The second-order valence-corrected chi connectivity index (χ2v) is 10.0. The number of hydrogen-bond acceptors (Lipinski definition) is 4. The Hall–Kier alpha value is -3.32. The van der Waals surface area contributed by atoms with Crippen LogP contribution in [-0.4, -0.2) is 28.0 Å². The first-order valence-electron chi connectivity index (χ1n) is 10.9. The van der Waals surface area contributed by atoms with Gasteiger partial charge < -0.3 is 10.1 Å². The summed E-state index contributed by atoms with van der Waals surface area (Å²) in [5.74, 6) is 0.466. The van der Waals surface area contributed by atoms with Gasteiger partial charge in [0.25, 0.3) is 10.0 Å². The summed E-state index contributed by atoms with van der Waals surface area (Å²) in [4.78, 5) is 13.3. The number of benzene rings is 3. The number of hydrogen-bond donors (Lipinski definition) is 1. The van der Waals surface area contributed by atoms with Crippen LogP contribution in [-0.2, 0) is 14.8 Å². The van der Waals surface area contributed by atoms with Gasteiger partial charge in [0.05, 0.1) is 23.7 Å². The molecular formula is C26H30N2O4S. The van der Waals surface area contributed by atoms with Gasteiger partial charge in [-0.1, -0.05) is 68.4 Å². The Labute approximate surface area is 196 Å². The number of carbonyl (C=O) groups excluding carboxylic acids is 1. The van der Waals surface area contributed by atoms with Crippen LogP contribution in [0.4, 0.5) is 5.69 Å². The Bertz CT molecular complexity index is 1150. The predicted molar refractivity (Wildman–Crippen MR) is 131 cm³/mol. The maximum atomic E-state index is 13.5. The molecule has 1 atom stereocenters. The van der Waals surface area contributed by atoms with Crippen molar-refractivity contribution in [1.82, 2.24) is 5.32 Å². The average Bonchev–Trinajstić information content (AvgIpc) is 2.83. The lowest BCUT2D eigenvalue weighted by Gasteiger charge is -2.27. The second kappa shape index (κ2) is 11.0. The topological polar surface area (TPSA) is 75.7 Å². The van der Waals surface area contributed by atoms with E-state index in [9.17, 15) is 13.2 Å². The normalized spacial score (nSPS) is 12.2. The largest absolute Gasteiger partial charge is 0.497 e. The fourth-order valence-corrected chi connectivity index (χ4v) is 5.04. The third-order valence-corrected chi connectivity index (χ3v) is 6.99. The molecule has 0 saturated carbocycles. The molecule has 3 aromatic carbocycles. The number of nitrogens with zero attached hydrogens (tertiary/aromatic N) is 1. The number of ether oxygens (including phenoxy) is 1. The lowest BCUT2D eigenvalue weighted by molar-refractivity contribution is -0.120. The van der Waals surface area contributed by atoms with E-state index in [1.807, 2.05) is 30.3 Å². The fraction of sp³-hybridized carbons (Fsp3) is 0.269. The van der Waals surface area contributed by atoms with Crippen molar-refractivity contribution in [1.29, 1.82) is 0 Å². The van der Waals surface area contributed by atoms with Crippen LogP contribution in [0.2, 0.25) is 0 Å². The molecule has 0 aliphatic carbocycles. The van der Waals surface area contributed by atoms with E-state index in [0.717, 1.165) is 16.3 Å². The summed E-state index contributed by atoms with van der Waals surface area (Å²) in [6.07, 6.45) is 0.736. The third-order valence-electron chi connectivity index (χ3n) is 5.20. The molecule has 0 radical (unpaired) electrons. The average molecular weight is 467 g/mol. The smallest absolute Gasteiger partial charge is 0.264 e. The zero-order chi connectivity index (χ0) is 23.8. The maximum Gasteiger partial charge on any atom is 0.264 e. The number of sulfonamides is 1. The standard InChI is InChI=1S/C26H30N2O4S/c1-20(2)17-25(21-11-6-4-7-12-21)27-26(29)19-28(22-13-10-14-23(18-22)32-3)33(30,31)24-15-8-5-9-16-24/h4-16,18,20,25H,17,19H2,1-3H3,(H,27,29)/t25-/m0/s1. The minimum atomic E-state index is -3.98. The summed E-state index contributed by atoms with van der Waals surface area (Å²) < 4.78 is 33.4. The van der Waals surface area contributed by atoms with Crippen molar-refractivity contribution in [3.8, 4) is 5.75 Å². The molecule has 0 aliphatic heterocycles. The molecule has 1 N–H and O–H groups in total. The van der Waals surface area contributed by atoms with Gasteiger partial charge in [0.15, 0.2) is 0 Å². The van der Waals surface area contributed by atoms with Crippen LogP contribution in [0.5, 0.6) is 5.75 Å². The Morgan fingerprint density at radius 3 is 2.18 bits per heavy atom. The van der Waals surface area contributed by atoms with E-state index < -0.39 is 10.0 Å². The van der Waals surface area contributed by atoms with E-state index in [-0.39, 0.29) is 23.4 Å². The molecule has 0 fully saturated rings. The molecule has 174 valence electrons. The highest BCUT2D eigenvalue weighted by Crippen LogP contribution is 2.27. The Balaban J connectivity index is 1.93. The van der Waals surface area contributed by atoms with Gasteiger partial charge >= 0.3 is 0 Å². The van der Waals surface area contributed by atoms with Crippen molar-refractivity contribution in [2.45, 2.75) is 31.2 Å². The van der Waals surface area contributed by atoms with Crippen molar-refractivity contribution >= 4 is 21.6 Å². The van der Waals surface area contributed by atoms with Crippen molar-refractivity contribution in [3.63, 3.8) is 0 Å². The molecule has 0 heterocycles. The van der Waals surface area contributed by atoms with E-state index in [1.165, 1.54) is 19.2 Å². The molecule has 3 aromatic rings. The summed E-state index contributed by atoms with van der Waals surface area (Å²) in [7, 11) is -2.47. The van der Waals surface area contributed by atoms with Crippen LogP contribution in [0.25, 0.3) is 0 Å². The van der Waals surface area contributed by atoms with Crippen LogP contribution in [0.3, 0.4) is 0 Å². The summed E-state index contributed by atoms with van der Waals surface area (Å²) in [6.45, 7) is 3.82. The summed E-state index contributed by atoms with van der Waals surface area (Å²) in [6, 6.07) is 24.3. The van der Waals surface area contributed by atoms with Gasteiger partial charge in [-0.25, -0.2) is 8.42 Å². The molecule has 1 amide bonds. The molecule has 0 saturated heterocycles. The summed E-state index contributed by atoms with van der Waals surface area (Å²) in [5, 5.41) is 3.04. The van der Waals surface area contributed by atoms with Gasteiger partial charge in [-0.15, -0.1) is 0 Å². The number of nitrogens with one attached hydrogen (secondary N) is 1. The van der Waals surface area contributed by atoms with Crippen LogP contribution in [0, 0.1) is 5.92 Å². The number of amides is 1. The third kappa shape index (κ3) is 6.35. The van der Waals surface area contributed by atoms with E-state index >= 15 is 0 Å². The Morgan fingerprint density at radius 1 is 0.939 bits per heavy atom. The van der Waals surface area contributed by atoms with Gasteiger partial charge in [0.2, 0.25) is 5.91 Å². The summed E-state index contributed by atoms with van der Waals surface area (Å²) in [5.41, 5.74) is 1.34. The van der Waals surface area contributed by atoms with Crippen molar-refractivity contribution in [3.05, 3.63) is 90.5 Å². The zero-order valence-electron chi connectivity index (χ0n) is 19.1. The van der Waals surface area contributed by atoms with Crippen molar-refractivity contribution < 1.29 is 17.9 Å². The first-order chi connectivity index (χ1) is 15.8. The van der Waals surface area contributed by atoms with Crippen LogP contribution in [0.15, 0.2) is 89.8 Å². The van der Waals surface area contributed by atoms with E-state index in [4.69, 9.17) is 4.74 Å². The van der Waals surface area contributed by atoms with Gasteiger partial charge in [-0.05, 0) is 42.2 Å². The van der Waals surface area contributed by atoms with Gasteiger partial charge in [0, 0.05) is 6.07 Å². The minimum absolute atomic E-state index is 0.113. The van der Waals surface area contributed by atoms with E-state index in [1.54, 1.807) is 42.5 Å². The van der Waals surface area contributed by atoms with Gasteiger partial charge in [-0.2, -0.15) is 0 Å². The second-order valence-electron chi connectivity index (χ2n) is 8.19. The molecule has 33 heavy (non-hydrogen) atoms. The van der Waals surface area contributed by atoms with Crippen LogP contribution in [0.1, 0.15) is 31.9 Å². The maximum absolute atomic E-state index is 13.5. The lowest BCUT2D eigenvalue weighted by Crippen LogP contribution is -2.42. The first-order valence-corrected chi connectivity index (χ1v) is 12.3. The number of rotatable bonds is 10. The van der Waals surface area contributed by atoms with E-state index in [2.05, 4.69) is 19.2 Å². The zero-order valence-corrected chi connectivity index (χ0v) is 20.0. The monoisotopic (exact) mass is 466 g/mol. The predicted octanol–water partition coefficient (Wildman–Crippen LogP) is 4.79. The number of carbonyl (C=O) groups is 1. The minimum Gasteiger partial charge on any atom is -0.497 e. The fourth-order valence-electron chi connectivity index (χ4n) is 3.61. The SMILES string of the molecule is COc1cccc(N(CC(=O)N[C@@H](CC(C)C)c2ccccc2)S(=O)(=O)c2ccccc2)c1. The molecule has 3 rings (SSSR count). The lowest BCUT2D eigenvalue weighted by atomic mass is 9.97. The number of methoxy groups -OCH3 is 1. The molecule has 0 bridgehead atoms. The summed E-state index contributed by atoms with van der Waals surface area (Å²) >= 11 is 0. The van der Waals surface area contributed by atoms with Crippen LogP contribution >= 0.6 is 0 Å². The van der Waals surface area contributed by atoms with E-state index in [0.29, 0.717) is 17.4 Å². The van der Waals surface area contributed by atoms with Gasteiger partial charge in [0.1, 0.15) is 12.3 Å². The Morgan fingerprint density at radius 2 is 1.58 bits per heavy atom. The highest BCUT2D eigenvalue weighted by Gasteiger charge is 2.28. The number of anilines is 1. The highest BCUT2D eigenvalue weighted by atomic mass is 32.2. The Kier molecular flexibility index (Phi) is 8.11.